The van der Waals surface area contributed by atoms with E-state index in [1.807, 2.05) is 12.1 Å². The van der Waals surface area contributed by atoms with E-state index in [2.05, 4.69) is 10.6 Å². The molecule has 0 spiro atoms. The number of nitrogens with one attached hydrogen (secondary N) is 2. The molecule has 2 aromatic rings. The highest BCUT2D eigenvalue weighted by Crippen LogP contribution is 2.13. The van der Waals surface area contributed by atoms with Crippen molar-refractivity contribution in [3.8, 4) is 5.75 Å². The summed E-state index contributed by atoms with van der Waals surface area (Å²) >= 11 is 5.75. The van der Waals surface area contributed by atoms with Gasteiger partial charge < -0.3 is 15.4 Å². The second kappa shape index (κ2) is 7.47. The normalized spacial score (nSPS) is 9.91. The summed E-state index contributed by atoms with van der Waals surface area (Å²) in [4.78, 5) is 23.5. The van der Waals surface area contributed by atoms with Crippen molar-refractivity contribution in [2.75, 3.05) is 12.4 Å². The third-order valence-corrected chi connectivity index (χ3v) is 3.17. The van der Waals surface area contributed by atoms with Crippen LogP contribution in [-0.2, 0) is 16.1 Å². The van der Waals surface area contributed by atoms with Crippen molar-refractivity contribution in [3.05, 3.63) is 59.1 Å². The van der Waals surface area contributed by atoms with E-state index in [4.69, 9.17) is 16.3 Å². The molecular formula is C16H15ClN2O3. The molecule has 0 radical (unpaired) electrons. The first-order valence-electron chi connectivity index (χ1n) is 6.56. The van der Waals surface area contributed by atoms with Crippen LogP contribution >= 0.6 is 11.6 Å². The number of hydrogen-bond donors (Lipinski definition) is 2. The van der Waals surface area contributed by atoms with Crippen LogP contribution in [0.15, 0.2) is 48.5 Å². The van der Waals surface area contributed by atoms with Crippen LogP contribution in [0, 0.1) is 0 Å². The lowest BCUT2D eigenvalue weighted by molar-refractivity contribution is -0.136. The van der Waals surface area contributed by atoms with Crippen molar-refractivity contribution in [3.63, 3.8) is 0 Å². The van der Waals surface area contributed by atoms with Crippen molar-refractivity contribution < 1.29 is 14.3 Å². The molecule has 0 heterocycles. The third-order valence-electron chi connectivity index (χ3n) is 2.92. The van der Waals surface area contributed by atoms with Gasteiger partial charge in [-0.2, -0.15) is 0 Å². The minimum atomic E-state index is -0.726. The van der Waals surface area contributed by atoms with E-state index in [-0.39, 0.29) is 6.54 Å². The highest BCUT2D eigenvalue weighted by molar-refractivity contribution is 6.39. The molecule has 2 rings (SSSR count). The molecule has 0 atom stereocenters. The number of hydrogen-bond acceptors (Lipinski definition) is 3. The lowest BCUT2D eigenvalue weighted by Gasteiger charge is -2.07. The molecule has 0 aromatic heterocycles. The maximum atomic E-state index is 11.7. The number of anilines is 1. The zero-order chi connectivity index (χ0) is 15.9. The van der Waals surface area contributed by atoms with Crippen LogP contribution in [0.2, 0.25) is 5.02 Å². The number of carbonyl (C=O) groups is 2. The summed E-state index contributed by atoms with van der Waals surface area (Å²) in [6.07, 6.45) is 0. The summed E-state index contributed by atoms with van der Waals surface area (Å²) in [7, 11) is 1.58. The fourth-order valence-corrected chi connectivity index (χ4v) is 1.85. The zero-order valence-electron chi connectivity index (χ0n) is 11.9. The molecule has 0 unspecified atom stereocenters. The fourth-order valence-electron chi connectivity index (χ4n) is 1.73. The smallest absolute Gasteiger partial charge is 0.313 e. The zero-order valence-corrected chi connectivity index (χ0v) is 12.7. The Morgan fingerprint density at radius 2 is 1.64 bits per heavy atom. The highest BCUT2D eigenvalue weighted by atomic mass is 35.5. The summed E-state index contributed by atoms with van der Waals surface area (Å²) in [6, 6.07) is 13.7. The van der Waals surface area contributed by atoms with Gasteiger partial charge in [-0.15, -0.1) is 0 Å². The molecule has 2 N–H and O–H groups in total. The molecule has 0 aliphatic carbocycles. The van der Waals surface area contributed by atoms with Gasteiger partial charge in [0.25, 0.3) is 0 Å². The van der Waals surface area contributed by atoms with Crippen LogP contribution in [0.1, 0.15) is 5.56 Å². The number of amides is 2. The molecular weight excluding hydrogens is 304 g/mol. The van der Waals surface area contributed by atoms with Crippen molar-refractivity contribution in [2.24, 2.45) is 0 Å². The Kier molecular flexibility index (Phi) is 5.38. The molecule has 0 saturated carbocycles. The lowest BCUT2D eigenvalue weighted by Crippen LogP contribution is -2.34. The van der Waals surface area contributed by atoms with Gasteiger partial charge >= 0.3 is 11.8 Å². The van der Waals surface area contributed by atoms with Crippen molar-refractivity contribution in [1.29, 1.82) is 0 Å². The molecule has 0 aliphatic heterocycles. The van der Waals surface area contributed by atoms with Gasteiger partial charge in [0.1, 0.15) is 5.75 Å². The molecule has 6 heteroatoms. The lowest BCUT2D eigenvalue weighted by atomic mass is 10.2. The van der Waals surface area contributed by atoms with Crippen molar-refractivity contribution in [2.45, 2.75) is 6.54 Å². The van der Waals surface area contributed by atoms with E-state index in [0.717, 1.165) is 11.3 Å². The van der Waals surface area contributed by atoms with Gasteiger partial charge in [-0.05, 0) is 42.0 Å². The van der Waals surface area contributed by atoms with E-state index in [1.165, 1.54) is 0 Å². The predicted octanol–water partition coefficient (Wildman–Crippen LogP) is 2.60. The second-order valence-corrected chi connectivity index (χ2v) is 4.93. The average molecular weight is 319 g/mol. The van der Waals surface area contributed by atoms with Gasteiger partial charge in [0.2, 0.25) is 0 Å². The van der Waals surface area contributed by atoms with E-state index in [0.29, 0.717) is 10.7 Å². The molecule has 0 fully saturated rings. The quantitative estimate of drug-likeness (QED) is 0.852. The van der Waals surface area contributed by atoms with Crippen LogP contribution in [0.25, 0.3) is 0 Å². The Bertz CT molecular complexity index is 654. The Morgan fingerprint density at radius 3 is 2.23 bits per heavy atom. The van der Waals surface area contributed by atoms with Crippen molar-refractivity contribution >= 4 is 29.1 Å². The Morgan fingerprint density at radius 1 is 1.00 bits per heavy atom. The van der Waals surface area contributed by atoms with Gasteiger partial charge in [0.05, 0.1) is 7.11 Å². The van der Waals surface area contributed by atoms with Gasteiger partial charge in [-0.3, -0.25) is 9.59 Å². The van der Waals surface area contributed by atoms with Crippen LogP contribution < -0.4 is 15.4 Å². The van der Waals surface area contributed by atoms with Crippen LogP contribution in [-0.4, -0.2) is 18.9 Å². The van der Waals surface area contributed by atoms with E-state index in [9.17, 15) is 9.59 Å². The number of carbonyl (C=O) groups excluding carboxylic acids is 2. The molecule has 5 nitrogen and oxygen atoms in total. The summed E-state index contributed by atoms with van der Waals surface area (Å²) in [6.45, 7) is 0.261. The largest absolute Gasteiger partial charge is 0.497 e. The second-order valence-electron chi connectivity index (χ2n) is 4.49. The number of halogens is 1. The fraction of sp³-hybridized carbons (Fsp3) is 0.125. The first-order chi connectivity index (χ1) is 10.6. The summed E-state index contributed by atoms with van der Waals surface area (Å²) in [5.41, 5.74) is 1.38. The third kappa shape index (κ3) is 4.49. The van der Waals surface area contributed by atoms with Crippen LogP contribution in [0.4, 0.5) is 5.69 Å². The minimum absolute atomic E-state index is 0.261. The molecule has 0 aliphatic rings. The average Bonchev–Trinajstić information content (AvgIpc) is 2.55. The molecule has 2 aromatic carbocycles. The number of benzene rings is 2. The Hall–Kier alpha value is -2.53. The van der Waals surface area contributed by atoms with E-state index < -0.39 is 11.8 Å². The molecule has 0 bridgehead atoms. The predicted molar refractivity (Wildman–Crippen MR) is 84.9 cm³/mol. The first-order valence-corrected chi connectivity index (χ1v) is 6.94. The van der Waals surface area contributed by atoms with E-state index >= 15 is 0 Å². The first kappa shape index (κ1) is 15.9. The van der Waals surface area contributed by atoms with Crippen LogP contribution in [0.3, 0.4) is 0 Å². The number of rotatable bonds is 4. The van der Waals surface area contributed by atoms with E-state index in [1.54, 1.807) is 43.5 Å². The highest BCUT2D eigenvalue weighted by Gasteiger charge is 2.13. The molecule has 114 valence electrons. The van der Waals surface area contributed by atoms with Crippen LogP contribution in [0.5, 0.6) is 5.75 Å². The Balaban J connectivity index is 1.85. The summed E-state index contributed by atoms with van der Waals surface area (Å²) in [5, 5.41) is 5.60. The summed E-state index contributed by atoms with van der Waals surface area (Å²) in [5.74, 6) is -0.697. The van der Waals surface area contributed by atoms with Crippen molar-refractivity contribution in [1.82, 2.24) is 5.32 Å². The molecule has 0 saturated heterocycles. The topological polar surface area (TPSA) is 67.4 Å². The van der Waals surface area contributed by atoms with Gasteiger partial charge in [0.15, 0.2) is 0 Å². The number of methoxy groups -OCH3 is 1. The molecule has 22 heavy (non-hydrogen) atoms. The Labute approximate surface area is 133 Å². The minimum Gasteiger partial charge on any atom is -0.497 e. The summed E-state index contributed by atoms with van der Waals surface area (Å²) < 4.78 is 5.05. The SMILES string of the molecule is COc1ccc(CNC(=O)C(=O)Nc2ccc(Cl)cc2)cc1. The number of ether oxygens (including phenoxy) is 1. The monoisotopic (exact) mass is 318 g/mol. The maximum Gasteiger partial charge on any atom is 0.313 e. The standard InChI is InChI=1S/C16H15ClN2O3/c1-22-14-8-2-11(3-9-14)10-18-15(20)16(21)19-13-6-4-12(17)5-7-13/h2-9H,10H2,1H3,(H,18,20)(H,19,21). The van der Waals surface area contributed by atoms with Gasteiger partial charge in [-0.1, -0.05) is 23.7 Å². The van der Waals surface area contributed by atoms with Gasteiger partial charge in [-0.25, -0.2) is 0 Å². The maximum absolute atomic E-state index is 11.7. The van der Waals surface area contributed by atoms with Gasteiger partial charge in [0, 0.05) is 17.3 Å². The molecule has 2 amide bonds.